The molecule has 0 saturated heterocycles. The summed E-state index contributed by atoms with van der Waals surface area (Å²) in [6, 6.07) is 1.57. The van der Waals surface area contributed by atoms with Crippen molar-refractivity contribution in [3.63, 3.8) is 0 Å². The zero-order valence-electron chi connectivity index (χ0n) is 11.4. The fourth-order valence-corrected chi connectivity index (χ4v) is 2.63. The average molecular weight is 334 g/mol. The summed E-state index contributed by atoms with van der Waals surface area (Å²) in [4.78, 5) is 15.4. The van der Waals surface area contributed by atoms with E-state index in [4.69, 9.17) is 0 Å². The molecule has 0 radical (unpaired) electrons. The van der Waals surface area contributed by atoms with E-state index in [2.05, 4.69) is 20.5 Å². The van der Waals surface area contributed by atoms with Crippen LogP contribution in [0.5, 0.6) is 0 Å². The number of thiazole rings is 1. The maximum absolute atomic E-state index is 13.2. The Morgan fingerprint density at radius 2 is 2.23 bits per heavy atom. The molecule has 0 bridgehead atoms. The number of halogens is 3. The quantitative estimate of drug-likeness (QED) is 0.775. The van der Waals surface area contributed by atoms with Crippen LogP contribution in [0.3, 0.4) is 0 Å². The van der Waals surface area contributed by atoms with Crippen LogP contribution in [-0.2, 0) is 16.9 Å². The van der Waals surface area contributed by atoms with Gasteiger partial charge < -0.3 is 10.4 Å². The van der Waals surface area contributed by atoms with Gasteiger partial charge in [-0.05, 0) is 13.0 Å². The highest BCUT2D eigenvalue weighted by Crippen LogP contribution is 2.42. The third-order valence-electron chi connectivity index (χ3n) is 2.89. The van der Waals surface area contributed by atoms with Gasteiger partial charge in [0.15, 0.2) is 0 Å². The minimum absolute atomic E-state index is 0.0103. The number of hydrogen-bond acceptors (Lipinski definition) is 5. The summed E-state index contributed by atoms with van der Waals surface area (Å²) in [5.74, 6) is -0.942. The summed E-state index contributed by atoms with van der Waals surface area (Å²) < 4.78 is 39.6. The smallest absolute Gasteiger partial charge is 0.374 e. The van der Waals surface area contributed by atoms with Gasteiger partial charge in [0.1, 0.15) is 5.01 Å². The third kappa shape index (κ3) is 3.45. The summed E-state index contributed by atoms with van der Waals surface area (Å²) in [7, 11) is 0. The molecule has 2 rings (SSSR count). The first-order chi connectivity index (χ1) is 10.2. The third-order valence-corrected chi connectivity index (χ3v) is 4.00. The molecule has 0 aliphatic rings. The Bertz CT molecular complexity index is 641. The van der Waals surface area contributed by atoms with Gasteiger partial charge in [0, 0.05) is 17.3 Å². The van der Waals surface area contributed by atoms with E-state index in [0.29, 0.717) is 22.7 Å². The number of alkyl halides is 3. The van der Waals surface area contributed by atoms with Crippen LogP contribution in [0, 0.1) is 6.92 Å². The topological polar surface area (TPSA) is 90.9 Å². The number of carbonyl (C=O) groups is 1. The number of amides is 1. The number of carbonyl (C=O) groups excluding carboxylic acids is 1. The fraction of sp³-hybridized carbons (Fsp3) is 0.417. The van der Waals surface area contributed by atoms with E-state index >= 15 is 0 Å². The summed E-state index contributed by atoms with van der Waals surface area (Å²) in [6.45, 7) is 1.50. The molecule has 0 aromatic carbocycles. The van der Waals surface area contributed by atoms with Crippen LogP contribution in [0.4, 0.5) is 13.2 Å². The molecule has 2 heterocycles. The van der Waals surface area contributed by atoms with Crippen molar-refractivity contribution in [1.29, 1.82) is 0 Å². The van der Waals surface area contributed by atoms with Crippen molar-refractivity contribution < 1.29 is 23.1 Å². The number of aromatic nitrogens is 3. The minimum atomic E-state index is -5.01. The van der Waals surface area contributed by atoms with Crippen LogP contribution in [0.2, 0.25) is 0 Å². The summed E-state index contributed by atoms with van der Waals surface area (Å²) in [5, 5.41) is 19.3. The second-order valence-electron chi connectivity index (χ2n) is 4.69. The molecule has 2 aromatic rings. The molecule has 0 aliphatic heterocycles. The van der Waals surface area contributed by atoms with Crippen LogP contribution in [0.15, 0.2) is 17.6 Å². The highest BCUT2D eigenvalue weighted by atomic mass is 32.1. The van der Waals surface area contributed by atoms with Gasteiger partial charge in [-0.3, -0.25) is 9.89 Å². The van der Waals surface area contributed by atoms with Gasteiger partial charge in [-0.25, -0.2) is 4.98 Å². The Hall–Kier alpha value is -1.94. The molecule has 0 unspecified atom stereocenters. The van der Waals surface area contributed by atoms with Gasteiger partial charge in [-0.2, -0.15) is 18.3 Å². The SMILES string of the molecule is Cc1csc([C@](O)(CC(=O)NCc2ccn[nH]2)C(F)(F)F)n1. The Morgan fingerprint density at radius 1 is 1.50 bits per heavy atom. The van der Waals surface area contributed by atoms with Gasteiger partial charge in [-0.1, -0.05) is 0 Å². The number of aliphatic hydroxyl groups is 1. The summed E-state index contributed by atoms with van der Waals surface area (Å²) in [6.07, 6.45) is -4.72. The van der Waals surface area contributed by atoms with Crippen LogP contribution in [0.25, 0.3) is 0 Å². The molecule has 3 N–H and O–H groups in total. The normalized spacial score (nSPS) is 14.6. The Labute approximate surface area is 127 Å². The first-order valence-corrected chi connectivity index (χ1v) is 7.07. The van der Waals surface area contributed by atoms with Gasteiger partial charge in [0.05, 0.1) is 18.7 Å². The van der Waals surface area contributed by atoms with Crippen molar-refractivity contribution in [2.45, 2.75) is 31.7 Å². The predicted molar refractivity (Wildman–Crippen MR) is 71.9 cm³/mol. The van der Waals surface area contributed by atoms with E-state index in [9.17, 15) is 23.1 Å². The molecule has 6 nitrogen and oxygen atoms in total. The van der Waals surface area contributed by atoms with E-state index < -0.39 is 29.1 Å². The van der Waals surface area contributed by atoms with E-state index in [-0.39, 0.29) is 6.54 Å². The van der Waals surface area contributed by atoms with Crippen molar-refractivity contribution in [2.75, 3.05) is 0 Å². The highest BCUT2D eigenvalue weighted by molar-refractivity contribution is 7.09. The van der Waals surface area contributed by atoms with E-state index in [1.807, 2.05) is 0 Å². The first-order valence-electron chi connectivity index (χ1n) is 6.19. The molecule has 1 amide bonds. The molecular formula is C12H13F3N4O2S. The highest BCUT2D eigenvalue weighted by Gasteiger charge is 2.58. The summed E-state index contributed by atoms with van der Waals surface area (Å²) >= 11 is 0.664. The number of aromatic amines is 1. The fourth-order valence-electron chi connectivity index (χ4n) is 1.71. The lowest BCUT2D eigenvalue weighted by Gasteiger charge is -2.27. The second kappa shape index (κ2) is 6.05. The average Bonchev–Trinajstić information content (AvgIpc) is 3.06. The molecule has 0 saturated carbocycles. The lowest BCUT2D eigenvalue weighted by molar-refractivity contribution is -0.267. The standard InChI is InChI=1S/C12H13F3N4O2S/c1-7-6-22-10(18-7)11(21,12(13,14)15)4-9(20)16-5-8-2-3-17-19-8/h2-3,6,21H,4-5H2,1H3,(H,16,20)(H,17,19)/t11-/m1/s1. The largest absolute Gasteiger partial charge is 0.424 e. The molecule has 10 heteroatoms. The maximum Gasteiger partial charge on any atom is 0.424 e. The van der Waals surface area contributed by atoms with Crippen molar-refractivity contribution in [3.05, 3.63) is 34.0 Å². The number of nitrogens with zero attached hydrogens (tertiary/aromatic N) is 2. The molecule has 0 fully saturated rings. The molecule has 22 heavy (non-hydrogen) atoms. The van der Waals surface area contributed by atoms with Gasteiger partial charge in [0.2, 0.25) is 11.5 Å². The monoisotopic (exact) mass is 334 g/mol. The Morgan fingerprint density at radius 3 is 2.73 bits per heavy atom. The number of H-pyrrole nitrogens is 1. The molecule has 1 atom stereocenters. The van der Waals surface area contributed by atoms with Crippen LogP contribution in [-0.4, -0.2) is 32.4 Å². The molecule has 0 spiro atoms. The molecule has 2 aromatic heterocycles. The first kappa shape index (κ1) is 16.4. The molecule has 0 aliphatic carbocycles. The number of hydrogen-bond donors (Lipinski definition) is 3. The van der Waals surface area contributed by atoms with E-state index in [1.54, 1.807) is 6.07 Å². The lowest BCUT2D eigenvalue weighted by atomic mass is 9.99. The van der Waals surface area contributed by atoms with Crippen LogP contribution in [0.1, 0.15) is 22.8 Å². The van der Waals surface area contributed by atoms with E-state index in [0.717, 1.165) is 0 Å². The second-order valence-corrected chi connectivity index (χ2v) is 5.55. The molecule has 120 valence electrons. The Kier molecular flexibility index (Phi) is 4.52. The Balaban J connectivity index is 2.11. The van der Waals surface area contributed by atoms with Crippen LogP contribution >= 0.6 is 11.3 Å². The van der Waals surface area contributed by atoms with Crippen molar-refractivity contribution in [2.24, 2.45) is 0 Å². The molecular weight excluding hydrogens is 321 g/mol. The van der Waals surface area contributed by atoms with Crippen molar-refractivity contribution >= 4 is 17.2 Å². The van der Waals surface area contributed by atoms with Crippen LogP contribution < -0.4 is 5.32 Å². The predicted octanol–water partition coefficient (Wildman–Crippen LogP) is 1.63. The van der Waals surface area contributed by atoms with Gasteiger partial charge in [-0.15, -0.1) is 11.3 Å². The zero-order chi connectivity index (χ0) is 16.4. The van der Waals surface area contributed by atoms with Gasteiger partial charge >= 0.3 is 6.18 Å². The number of nitrogens with one attached hydrogen (secondary N) is 2. The van der Waals surface area contributed by atoms with E-state index in [1.165, 1.54) is 18.5 Å². The van der Waals surface area contributed by atoms with Crippen molar-refractivity contribution in [1.82, 2.24) is 20.5 Å². The zero-order valence-corrected chi connectivity index (χ0v) is 12.3. The van der Waals surface area contributed by atoms with Crippen molar-refractivity contribution in [3.8, 4) is 0 Å². The lowest BCUT2D eigenvalue weighted by Crippen LogP contribution is -2.46. The summed E-state index contributed by atoms with van der Waals surface area (Å²) in [5.41, 5.74) is -2.42. The maximum atomic E-state index is 13.2. The number of aryl methyl sites for hydroxylation is 1. The number of rotatable bonds is 5. The minimum Gasteiger partial charge on any atom is -0.374 e. The van der Waals surface area contributed by atoms with Gasteiger partial charge in [0.25, 0.3) is 0 Å².